The predicted molar refractivity (Wildman–Crippen MR) is 138 cm³/mol. The van der Waals surface area contributed by atoms with Crippen molar-refractivity contribution in [3.05, 3.63) is 57.6 Å². The second-order valence-corrected chi connectivity index (χ2v) is 8.11. The number of carbonyl (C=O) groups excluding carboxylic acids is 4. The molecule has 196 valence electrons. The molecule has 4 amide bonds. The third-order valence-electron chi connectivity index (χ3n) is 4.84. The van der Waals surface area contributed by atoms with Gasteiger partial charge in [-0.25, -0.2) is 21.7 Å². The fraction of sp³-hybridized carbons (Fsp3) is 0.167. The number of carbonyl (C=O) groups is 4. The van der Waals surface area contributed by atoms with Gasteiger partial charge in [0.2, 0.25) is 23.6 Å². The topological polar surface area (TPSA) is 206 Å². The van der Waals surface area contributed by atoms with Crippen LogP contribution in [0.2, 0.25) is 0 Å². The molecule has 3 rings (SSSR count). The van der Waals surface area contributed by atoms with Crippen LogP contribution in [-0.4, -0.2) is 58.7 Å². The molecule has 0 aliphatic carbocycles. The van der Waals surface area contributed by atoms with Crippen molar-refractivity contribution in [2.24, 2.45) is 20.4 Å². The standard InChI is InChI=1S/C24H24N8O6/c1-13-3-15-9-25-29-19(33)7-21(35)31-27-11-17-5-14(2)6-18(24(17)38)12-28-32-22(36)8-20(34)30-26-10-16(4-13)23(15)37/h3-6,9-12,37-38H,7-8H2,1-2H3,(H,29,33)(H,30,34)(H,31,35)(H,32,36)/b25-9-,26-10?,27-11+,28-12?. The zero-order chi connectivity index (χ0) is 27.7. The van der Waals surface area contributed by atoms with Gasteiger partial charge in [0.15, 0.2) is 0 Å². The smallest absolute Gasteiger partial charge is 0.249 e. The Kier molecular flexibility index (Phi) is 8.96. The third kappa shape index (κ3) is 7.81. The van der Waals surface area contributed by atoms with Gasteiger partial charge in [-0.15, -0.1) is 0 Å². The van der Waals surface area contributed by atoms with Crippen LogP contribution in [0, 0.1) is 13.8 Å². The molecule has 6 N–H and O–H groups in total. The van der Waals surface area contributed by atoms with E-state index in [0.717, 1.165) is 0 Å². The largest absolute Gasteiger partial charge is 0.507 e. The first-order valence-electron chi connectivity index (χ1n) is 11.1. The number of nitrogens with zero attached hydrogens (tertiary/aromatic N) is 4. The van der Waals surface area contributed by atoms with Crippen LogP contribution < -0.4 is 21.7 Å². The van der Waals surface area contributed by atoms with Crippen molar-refractivity contribution >= 4 is 48.5 Å². The van der Waals surface area contributed by atoms with Gasteiger partial charge in [0.1, 0.15) is 24.3 Å². The molecule has 1 aliphatic heterocycles. The lowest BCUT2D eigenvalue weighted by Gasteiger charge is -2.06. The van der Waals surface area contributed by atoms with E-state index in [-0.39, 0.29) is 33.8 Å². The summed E-state index contributed by atoms with van der Waals surface area (Å²) in [5.74, 6) is -3.42. The molecule has 4 bridgehead atoms. The fourth-order valence-corrected chi connectivity index (χ4v) is 3.21. The summed E-state index contributed by atoms with van der Waals surface area (Å²) in [6.45, 7) is 3.49. The molecule has 0 atom stereocenters. The average molecular weight is 521 g/mol. The number of phenolic OH excluding ortho intramolecular Hbond substituents is 2. The van der Waals surface area contributed by atoms with Gasteiger partial charge >= 0.3 is 0 Å². The maximum Gasteiger partial charge on any atom is 0.249 e. The molecule has 0 saturated heterocycles. The van der Waals surface area contributed by atoms with E-state index in [1.165, 1.54) is 24.9 Å². The highest BCUT2D eigenvalue weighted by Gasteiger charge is 2.12. The van der Waals surface area contributed by atoms with Crippen LogP contribution in [0.3, 0.4) is 0 Å². The Hall–Kier alpha value is -5.40. The highest BCUT2D eigenvalue weighted by molar-refractivity contribution is 6.00. The number of aryl methyl sites for hydroxylation is 2. The third-order valence-corrected chi connectivity index (χ3v) is 4.84. The van der Waals surface area contributed by atoms with Crippen LogP contribution in [0.25, 0.3) is 0 Å². The van der Waals surface area contributed by atoms with Gasteiger partial charge < -0.3 is 10.2 Å². The summed E-state index contributed by atoms with van der Waals surface area (Å²) in [6.07, 6.45) is 3.51. The number of nitrogens with one attached hydrogen (secondary N) is 4. The van der Waals surface area contributed by atoms with Gasteiger partial charge in [0.05, 0.1) is 24.9 Å². The number of benzene rings is 2. The van der Waals surface area contributed by atoms with Crippen molar-refractivity contribution in [2.75, 3.05) is 0 Å². The number of hydrogen-bond acceptors (Lipinski definition) is 10. The van der Waals surface area contributed by atoms with Crippen molar-refractivity contribution in [1.82, 2.24) is 21.7 Å². The molecule has 14 nitrogen and oxygen atoms in total. The molecule has 0 spiro atoms. The van der Waals surface area contributed by atoms with Gasteiger partial charge in [-0.3, -0.25) is 19.2 Å². The molecule has 2 aromatic rings. The van der Waals surface area contributed by atoms with Crippen molar-refractivity contribution in [3.8, 4) is 11.5 Å². The summed E-state index contributed by atoms with van der Waals surface area (Å²) in [4.78, 5) is 48.1. The zero-order valence-corrected chi connectivity index (χ0v) is 20.3. The number of aromatic hydroxyl groups is 2. The second kappa shape index (κ2) is 12.5. The van der Waals surface area contributed by atoms with Gasteiger partial charge in [-0.2, -0.15) is 20.4 Å². The number of phenols is 2. The number of fused-ring (bicyclic) bond motifs is 4. The van der Waals surface area contributed by atoms with E-state index in [1.807, 2.05) is 0 Å². The van der Waals surface area contributed by atoms with Gasteiger partial charge in [0.25, 0.3) is 0 Å². The predicted octanol–water partition coefficient (Wildman–Crippen LogP) is 0.00904. The second-order valence-electron chi connectivity index (χ2n) is 8.11. The molecule has 1 aliphatic rings. The molecule has 0 saturated carbocycles. The van der Waals surface area contributed by atoms with Gasteiger partial charge in [-0.1, -0.05) is 0 Å². The maximum absolute atomic E-state index is 12.0. The van der Waals surface area contributed by atoms with E-state index in [1.54, 1.807) is 38.1 Å². The Labute approximate surface area is 216 Å². The Balaban J connectivity index is 1.87. The summed E-state index contributed by atoms with van der Waals surface area (Å²) in [5, 5.41) is 35.9. The first-order valence-corrected chi connectivity index (χ1v) is 11.1. The number of hydrogen-bond donors (Lipinski definition) is 6. The molecule has 14 heteroatoms. The average Bonchev–Trinajstić information content (AvgIpc) is 2.83. The van der Waals surface area contributed by atoms with Crippen molar-refractivity contribution in [1.29, 1.82) is 0 Å². The Morgan fingerprint density at radius 3 is 1.00 bits per heavy atom. The first kappa shape index (κ1) is 27.2. The first-order chi connectivity index (χ1) is 18.1. The lowest BCUT2D eigenvalue weighted by Crippen LogP contribution is -2.27. The molecule has 2 aromatic carbocycles. The summed E-state index contributed by atoms with van der Waals surface area (Å²) in [7, 11) is 0. The van der Waals surface area contributed by atoms with Crippen molar-refractivity contribution in [2.45, 2.75) is 26.7 Å². The Bertz CT molecular complexity index is 1200. The lowest BCUT2D eigenvalue weighted by molar-refractivity contribution is -0.130. The van der Waals surface area contributed by atoms with Crippen LogP contribution in [0.15, 0.2) is 44.7 Å². The molecule has 0 radical (unpaired) electrons. The Morgan fingerprint density at radius 2 is 0.763 bits per heavy atom. The SMILES string of the molecule is Cc1cc2c(O)c(c1)/C=N\NC(=O)CC(=O)N/N=C/c1cc(C)cc(c1O)C=NNC(=O)CC(=O)NN=C2. The van der Waals surface area contributed by atoms with Crippen molar-refractivity contribution in [3.63, 3.8) is 0 Å². The molecule has 1 heterocycles. The number of rotatable bonds is 0. The van der Waals surface area contributed by atoms with E-state index in [2.05, 4.69) is 42.1 Å². The Morgan fingerprint density at radius 1 is 0.526 bits per heavy atom. The van der Waals surface area contributed by atoms with E-state index >= 15 is 0 Å². The zero-order valence-electron chi connectivity index (χ0n) is 20.3. The fourth-order valence-electron chi connectivity index (χ4n) is 3.21. The van der Waals surface area contributed by atoms with Crippen molar-refractivity contribution < 1.29 is 29.4 Å². The van der Waals surface area contributed by atoms with E-state index in [4.69, 9.17) is 0 Å². The van der Waals surface area contributed by atoms with Crippen LogP contribution in [0.4, 0.5) is 0 Å². The van der Waals surface area contributed by atoms with Gasteiger partial charge in [-0.05, 0) is 49.2 Å². The minimum Gasteiger partial charge on any atom is -0.507 e. The lowest BCUT2D eigenvalue weighted by atomic mass is 10.1. The quantitative estimate of drug-likeness (QED) is 0.264. The van der Waals surface area contributed by atoms with E-state index in [0.29, 0.717) is 11.1 Å². The molecule has 0 fully saturated rings. The van der Waals surface area contributed by atoms with E-state index < -0.39 is 36.5 Å². The van der Waals surface area contributed by atoms with E-state index in [9.17, 15) is 29.4 Å². The van der Waals surface area contributed by atoms with Crippen LogP contribution >= 0.6 is 0 Å². The van der Waals surface area contributed by atoms with Crippen LogP contribution in [-0.2, 0) is 19.2 Å². The van der Waals surface area contributed by atoms with Crippen LogP contribution in [0.5, 0.6) is 11.5 Å². The highest BCUT2D eigenvalue weighted by Crippen LogP contribution is 2.22. The minimum absolute atomic E-state index is 0.233. The summed E-state index contributed by atoms with van der Waals surface area (Å²) in [6, 6.07) is 6.35. The maximum atomic E-state index is 12.0. The molecular weight excluding hydrogens is 496 g/mol. The molecular formula is C24H24N8O6. The number of hydrazone groups is 4. The van der Waals surface area contributed by atoms with Gasteiger partial charge in [0, 0.05) is 22.3 Å². The molecule has 38 heavy (non-hydrogen) atoms. The summed E-state index contributed by atoms with van der Waals surface area (Å²) in [5.41, 5.74) is 11.1. The number of amides is 4. The minimum atomic E-state index is -0.737. The highest BCUT2D eigenvalue weighted by atomic mass is 16.3. The molecule has 0 unspecified atom stereocenters. The van der Waals surface area contributed by atoms with Crippen LogP contribution in [0.1, 0.15) is 46.2 Å². The monoisotopic (exact) mass is 520 g/mol. The normalized spacial score (nSPS) is 16.9. The molecule has 0 aromatic heterocycles. The summed E-state index contributed by atoms with van der Waals surface area (Å²) >= 11 is 0. The summed E-state index contributed by atoms with van der Waals surface area (Å²) < 4.78 is 0.